The summed E-state index contributed by atoms with van der Waals surface area (Å²) in [5.41, 5.74) is -0.305. The van der Waals surface area contributed by atoms with Crippen LogP contribution in [0.25, 0.3) is 0 Å². The monoisotopic (exact) mass is 152 g/mol. The molecule has 11 heavy (non-hydrogen) atoms. The van der Waals surface area contributed by atoms with Crippen molar-refractivity contribution in [2.24, 2.45) is 5.41 Å². The predicted molar refractivity (Wildman–Crippen MR) is 47.1 cm³/mol. The van der Waals surface area contributed by atoms with Crippen molar-refractivity contribution in [3.05, 3.63) is 0 Å². The number of rotatable bonds is 1. The maximum atomic E-state index is 11.2. The molecule has 62 valence electrons. The van der Waals surface area contributed by atoms with Crippen molar-refractivity contribution >= 4 is 5.78 Å². The van der Waals surface area contributed by atoms with Crippen LogP contribution in [0.4, 0.5) is 0 Å². The van der Waals surface area contributed by atoms with Gasteiger partial charge in [0.1, 0.15) is 0 Å². The average molecular weight is 152 g/mol. The van der Waals surface area contributed by atoms with E-state index < -0.39 is 0 Å². The molecule has 0 amide bonds. The highest BCUT2D eigenvalue weighted by Gasteiger charge is 2.18. The van der Waals surface area contributed by atoms with E-state index in [2.05, 4.69) is 18.8 Å². The first-order chi connectivity index (χ1) is 4.98. The Labute approximate surface area is 69.2 Å². The molecule has 1 heteroatoms. The Morgan fingerprint density at radius 3 is 2.27 bits per heavy atom. The van der Waals surface area contributed by atoms with Gasteiger partial charge in [-0.3, -0.25) is 4.79 Å². The molecule has 0 aromatic rings. The molecule has 0 rings (SSSR count). The zero-order valence-corrected chi connectivity index (χ0v) is 7.82. The lowest BCUT2D eigenvalue weighted by Gasteiger charge is -2.10. The van der Waals surface area contributed by atoms with Crippen molar-refractivity contribution in [2.45, 2.75) is 40.5 Å². The largest absolute Gasteiger partial charge is 0.284 e. The molecule has 0 saturated carbocycles. The van der Waals surface area contributed by atoms with Gasteiger partial charge in [-0.2, -0.15) is 0 Å². The summed E-state index contributed by atoms with van der Waals surface area (Å²) < 4.78 is 0. The molecule has 0 aliphatic rings. The molecule has 0 fully saturated rings. The number of carbonyl (C=O) groups excluding carboxylic acids is 1. The van der Waals surface area contributed by atoms with Crippen LogP contribution in [0.3, 0.4) is 0 Å². The smallest absolute Gasteiger partial charge is 0.210 e. The second-order valence-electron chi connectivity index (χ2n) is 3.63. The first-order valence-corrected chi connectivity index (χ1v) is 4.01. The van der Waals surface area contributed by atoms with Crippen LogP contribution in [0.1, 0.15) is 40.5 Å². The first kappa shape index (κ1) is 10.2. The van der Waals surface area contributed by atoms with Gasteiger partial charge in [0.2, 0.25) is 5.78 Å². The maximum Gasteiger partial charge on any atom is 0.210 e. The van der Waals surface area contributed by atoms with Gasteiger partial charge in [-0.15, -0.1) is 0 Å². The lowest BCUT2D eigenvalue weighted by molar-refractivity contribution is -0.120. The Hall–Kier alpha value is -0.770. The van der Waals surface area contributed by atoms with Gasteiger partial charge in [-0.05, 0) is 12.3 Å². The molecule has 0 radical (unpaired) electrons. The van der Waals surface area contributed by atoms with Crippen molar-refractivity contribution in [3.63, 3.8) is 0 Å². The topological polar surface area (TPSA) is 17.1 Å². The summed E-state index contributed by atoms with van der Waals surface area (Å²) in [5, 5.41) is 0. The summed E-state index contributed by atoms with van der Waals surface area (Å²) in [6.45, 7) is 7.71. The molecular formula is C10H16O. The van der Waals surface area contributed by atoms with Crippen LogP contribution in [-0.4, -0.2) is 5.78 Å². The van der Waals surface area contributed by atoms with Crippen molar-refractivity contribution in [1.29, 1.82) is 0 Å². The number of hydrogen-bond acceptors (Lipinski definition) is 1. The van der Waals surface area contributed by atoms with Crippen LogP contribution < -0.4 is 0 Å². The van der Waals surface area contributed by atoms with Gasteiger partial charge in [0.25, 0.3) is 0 Å². The first-order valence-electron chi connectivity index (χ1n) is 4.01. The molecule has 0 spiro atoms. The molecule has 0 aromatic carbocycles. The van der Waals surface area contributed by atoms with E-state index in [-0.39, 0.29) is 11.2 Å². The maximum absolute atomic E-state index is 11.2. The highest BCUT2D eigenvalue weighted by atomic mass is 16.1. The Morgan fingerprint density at radius 2 is 1.91 bits per heavy atom. The van der Waals surface area contributed by atoms with Crippen LogP contribution in [0.5, 0.6) is 0 Å². The molecule has 0 N–H and O–H groups in total. The molecule has 0 aliphatic heterocycles. The van der Waals surface area contributed by atoms with E-state index in [4.69, 9.17) is 0 Å². The summed E-state index contributed by atoms with van der Waals surface area (Å²) in [6, 6.07) is 0. The van der Waals surface area contributed by atoms with Crippen LogP contribution in [0.15, 0.2) is 0 Å². The number of ketones is 1. The van der Waals surface area contributed by atoms with E-state index in [1.807, 2.05) is 20.8 Å². The van der Waals surface area contributed by atoms with E-state index in [1.54, 1.807) is 0 Å². The van der Waals surface area contributed by atoms with Gasteiger partial charge in [0.15, 0.2) is 0 Å². The standard InChI is InChI=1S/C10H16O/c1-5-6-7-8-9(11)10(2,3)4/h5-6H2,1-4H3. The average Bonchev–Trinajstić information content (AvgIpc) is 1.86. The van der Waals surface area contributed by atoms with Gasteiger partial charge in [-0.25, -0.2) is 0 Å². The highest BCUT2D eigenvalue weighted by Crippen LogP contribution is 2.13. The number of carbonyl (C=O) groups is 1. The van der Waals surface area contributed by atoms with E-state index in [0.717, 1.165) is 12.8 Å². The van der Waals surface area contributed by atoms with E-state index in [1.165, 1.54) is 0 Å². The minimum atomic E-state index is -0.305. The fraction of sp³-hybridized carbons (Fsp3) is 0.700. The summed E-state index contributed by atoms with van der Waals surface area (Å²) in [4.78, 5) is 11.2. The van der Waals surface area contributed by atoms with Crippen molar-refractivity contribution in [3.8, 4) is 11.8 Å². The Morgan fingerprint density at radius 1 is 1.36 bits per heavy atom. The minimum Gasteiger partial charge on any atom is -0.284 e. The summed E-state index contributed by atoms with van der Waals surface area (Å²) >= 11 is 0. The molecule has 0 aromatic heterocycles. The molecule has 0 aliphatic carbocycles. The number of Topliss-reactive ketones (excluding diaryl/α,β-unsaturated/α-hetero) is 1. The molecule has 0 saturated heterocycles. The number of unbranched alkanes of at least 4 members (excludes halogenated alkanes) is 1. The van der Waals surface area contributed by atoms with Crippen molar-refractivity contribution in [1.82, 2.24) is 0 Å². The fourth-order valence-electron chi connectivity index (χ4n) is 0.455. The van der Waals surface area contributed by atoms with Crippen LogP contribution in [0.2, 0.25) is 0 Å². The SMILES string of the molecule is CCCC#CC(=O)C(C)(C)C. The molecule has 0 unspecified atom stereocenters. The van der Waals surface area contributed by atoms with E-state index in [9.17, 15) is 4.79 Å². The Bertz CT molecular complexity index is 185. The Balaban J connectivity index is 4.01. The van der Waals surface area contributed by atoms with Crippen LogP contribution >= 0.6 is 0 Å². The van der Waals surface area contributed by atoms with E-state index >= 15 is 0 Å². The molecule has 1 nitrogen and oxygen atoms in total. The van der Waals surface area contributed by atoms with Gasteiger partial charge in [-0.1, -0.05) is 33.6 Å². The van der Waals surface area contributed by atoms with Gasteiger partial charge >= 0.3 is 0 Å². The molecule has 0 atom stereocenters. The lowest BCUT2D eigenvalue weighted by atomic mass is 9.91. The highest BCUT2D eigenvalue weighted by molar-refractivity contribution is 5.99. The fourth-order valence-corrected chi connectivity index (χ4v) is 0.455. The zero-order chi connectivity index (χ0) is 8.91. The lowest BCUT2D eigenvalue weighted by Crippen LogP contribution is -2.17. The van der Waals surface area contributed by atoms with Crippen LogP contribution in [-0.2, 0) is 4.79 Å². The summed E-state index contributed by atoms with van der Waals surface area (Å²) in [7, 11) is 0. The van der Waals surface area contributed by atoms with E-state index in [0.29, 0.717) is 0 Å². The van der Waals surface area contributed by atoms with Gasteiger partial charge in [0, 0.05) is 11.8 Å². The summed E-state index contributed by atoms with van der Waals surface area (Å²) in [5.74, 6) is 5.51. The molecular weight excluding hydrogens is 136 g/mol. The van der Waals surface area contributed by atoms with Crippen molar-refractivity contribution < 1.29 is 4.79 Å². The second-order valence-corrected chi connectivity index (χ2v) is 3.63. The predicted octanol–water partition coefficient (Wildman–Crippen LogP) is 2.41. The number of hydrogen-bond donors (Lipinski definition) is 0. The normalized spacial score (nSPS) is 10.2. The zero-order valence-electron chi connectivity index (χ0n) is 7.82. The minimum absolute atomic E-state index is 0.0333. The Kier molecular flexibility index (Phi) is 3.89. The quantitative estimate of drug-likeness (QED) is 0.416. The molecule has 0 heterocycles. The van der Waals surface area contributed by atoms with Crippen LogP contribution in [0, 0.1) is 17.3 Å². The second kappa shape index (κ2) is 4.18. The third-order valence-corrected chi connectivity index (χ3v) is 1.26. The van der Waals surface area contributed by atoms with Gasteiger partial charge < -0.3 is 0 Å². The third kappa shape index (κ3) is 4.61. The molecule has 0 bridgehead atoms. The summed E-state index contributed by atoms with van der Waals surface area (Å²) in [6.07, 6.45) is 1.84. The van der Waals surface area contributed by atoms with Gasteiger partial charge in [0.05, 0.1) is 0 Å². The van der Waals surface area contributed by atoms with Crippen molar-refractivity contribution in [2.75, 3.05) is 0 Å². The third-order valence-electron chi connectivity index (χ3n) is 1.26.